The number of anilines is 1. The molecule has 2 aliphatic heterocycles. The van der Waals surface area contributed by atoms with E-state index in [2.05, 4.69) is 5.32 Å². The van der Waals surface area contributed by atoms with Crippen LogP contribution in [0.15, 0.2) is 53.4 Å². The van der Waals surface area contributed by atoms with Crippen LogP contribution in [0.5, 0.6) is 11.5 Å². The molecule has 0 aromatic heterocycles. The molecule has 28 heavy (non-hydrogen) atoms. The summed E-state index contributed by atoms with van der Waals surface area (Å²) in [6, 6.07) is 11.6. The van der Waals surface area contributed by atoms with Gasteiger partial charge < -0.3 is 14.8 Å². The topological polar surface area (TPSA) is 84.9 Å². The third-order valence-electron chi connectivity index (χ3n) is 4.65. The fourth-order valence-electron chi connectivity index (χ4n) is 3.16. The average molecular weight is 400 g/mol. The van der Waals surface area contributed by atoms with Crippen LogP contribution in [0.2, 0.25) is 0 Å². The van der Waals surface area contributed by atoms with E-state index in [4.69, 9.17) is 9.47 Å². The summed E-state index contributed by atoms with van der Waals surface area (Å²) in [6.45, 7) is 1.32. The molecule has 0 atom stereocenters. The minimum Gasteiger partial charge on any atom is -0.454 e. The molecule has 1 saturated heterocycles. The quantitative estimate of drug-likeness (QED) is 0.780. The van der Waals surface area contributed by atoms with Crippen molar-refractivity contribution in [3.63, 3.8) is 0 Å². The van der Waals surface area contributed by atoms with E-state index < -0.39 is 10.0 Å². The molecule has 146 valence electrons. The van der Waals surface area contributed by atoms with Gasteiger partial charge in [0.15, 0.2) is 11.5 Å². The lowest BCUT2D eigenvalue weighted by Crippen LogP contribution is -2.27. The SMILES string of the molecule is O=C(/C=C/c1ccc2c(c1)OCO2)Nc1ccc(S(=O)(=O)N2CCCC2)cc1. The first-order valence-corrected chi connectivity index (χ1v) is 10.5. The number of hydrogen-bond acceptors (Lipinski definition) is 5. The zero-order chi connectivity index (χ0) is 19.6. The Morgan fingerprint density at radius 2 is 1.71 bits per heavy atom. The molecule has 2 aromatic carbocycles. The maximum Gasteiger partial charge on any atom is 0.248 e. The van der Waals surface area contributed by atoms with E-state index in [-0.39, 0.29) is 17.6 Å². The molecule has 8 heteroatoms. The molecule has 0 radical (unpaired) electrons. The average Bonchev–Trinajstić information content (AvgIpc) is 3.38. The number of amides is 1. The van der Waals surface area contributed by atoms with Crippen molar-refractivity contribution in [3.05, 3.63) is 54.1 Å². The summed E-state index contributed by atoms with van der Waals surface area (Å²) in [6.07, 6.45) is 4.86. The highest BCUT2D eigenvalue weighted by Gasteiger charge is 2.26. The second-order valence-electron chi connectivity index (χ2n) is 6.57. The fourth-order valence-corrected chi connectivity index (χ4v) is 4.68. The van der Waals surface area contributed by atoms with Crippen molar-refractivity contribution < 1.29 is 22.7 Å². The molecular weight excluding hydrogens is 380 g/mol. The Bertz CT molecular complexity index is 1010. The van der Waals surface area contributed by atoms with Gasteiger partial charge in [0.25, 0.3) is 0 Å². The standard InChI is InChI=1S/C20H20N2O5S/c23-20(10-4-15-3-9-18-19(13-15)27-14-26-18)21-16-5-7-17(8-6-16)28(24,25)22-11-1-2-12-22/h3-10,13H,1-2,11-12,14H2,(H,21,23)/b10-4+. The van der Waals surface area contributed by atoms with E-state index in [1.807, 2.05) is 6.07 Å². The van der Waals surface area contributed by atoms with Crippen LogP contribution in [0.3, 0.4) is 0 Å². The molecule has 2 heterocycles. The minimum absolute atomic E-state index is 0.201. The highest BCUT2D eigenvalue weighted by molar-refractivity contribution is 7.89. The van der Waals surface area contributed by atoms with E-state index in [0.717, 1.165) is 18.4 Å². The fraction of sp³-hybridized carbons (Fsp3) is 0.250. The van der Waals surface area contributed by atoms with Gasteiger partial charge in [-0.2, -0.15) is 4.31 Å². The Hall–Kier alpha value is -2.84. The van der Waals surface area contributed by atoms with E-state index in [0.29, 0.717) is 30.3 Å². The molecule has 1 N–H and O–H groups in total. The Morgan fingerprint density at radius 3 is 2.46 bits per heavy atom. The number of nitrogens with zero attached hydrogens (tertiary/aromatic N) is 1. The van der Waals surface area contributed by atoms with Gasteiger partial charge in [-0.1, -0.05) is 6.07 Å². The number of fused-ring (bicyclic) bond motifs is 1. The maximum atomic E-state index is 12.5. The Balaban J connectivity index is 1.39. The molecule has 2 aromatic rings. The molecular formula is C20H20N2O5S. The third kappa shape index (κ3) is 3.88. The lowest BCUT2D eigenvalue weighted by molar-refractivity contribution is -0.111. The number of carbonyl (C=O) groups is 1. The lowest BCUT2D eigenvalue weighted by Gasteiger charge is -2.15. The lowest BCUT2D eigenvalue weighted by atomic mass is 10.2. The predicted octanol–water partition coefficient (Wildman–Crippen LogP) is 2.85. The number of nitrogens with one attached hydrogen (secondary N) is 1. The Kier molecular flexibility index (Phi) is 5.06. The van der Waals surface area contributed by atoms with Crippen LogP contribution < -0.4 is 14.8 Å². The summed E-state index contributed by atoms with van der Waals surface area (Å²) >= 11 is 0. The number of ether oxygens (including phenoxy) is 2. The summed E-state index contributed by atoms with van der Waals surface area (Å²) in [7, 11) is -3.45. The highest BCUT2D eigenvalue weighted by Crippen LogP contribution is 2.32. The summed E-state index contributed by atoms with van der Waals surface area (Å²) in [5, 5.41) is 2.72. The number of hydrogen-bond donors (Lipinski definition) is 1. The van der Waals surface area contributed by atoms with Crippen LogP contribution in [-0.2, 0) is 14.8 Å². The first kappa shape index (κ1) is 18.5. The molecule has 0 saturated carbocycles. The first-order valence-electron chi connectivity index (χ1n) is 9.01. The number of sulfonamides is 1. The largest absolute Gasteiger partial charge is 0.454 e. The molecule has 0 unspecified atom stereocenters. The van der Waals surface area contributed by atoms with Crippen molar-refractivity contribution in [1.82, 2.24) is 4.31 Å². The summed E-state index contributed by atoms with van der Waals surface area (Å²) in [5.74, 6) is 1.02. The zero-order valence-electron chi connectivity index (χ0n) is 15.1. The number of rotatable bonds is 5. The maximum absolute atomic E-state index is 12.5. The van der Waals surface area contributed by atoms with Crippen LogP contribution >= 0.6 is 0 Å². The second-order valence-corrected chi connectivity index (χ2v) is 8.51. The van der Waals surface area contributed by atoms with Crippen LogP contribution in [0, 0.1) is 0 Å². The Labute approximate surface area is 163 Å². The van der Waals surface area contributed by atoms with Gasteiger partial charge in [0.2, 0.25) is 22.7 Å². The van der Waals surface area contributed by atoms with Crippen molar-refractivity contribution in [2.45, 2.75) is 17.7 Å². The summed E-state index contributed by atoms with van der Waals surface area (Å²) in [5.41, 5.74) is 1.34. The van der Waals surface area contributed by atoms with Crippen molar-refractivity contribution in [2.75, 3.05) is 25.2 Å². The van der Waals surface area contributed by atoms with E-state index >= 15 is 0 Å². The van der Waals surface area contributed by atoms with E-state index in [9.17, 15) is 13.2 Å². The van der Waals surface area contributed by atoms with Crippen molar-refractivity contribution in [1.29, 1.82) is 0 Å². The van der Waals surface area contributed by atoms with Crippen LogP contribution in [-0.4, -0.2) is 38.5 Å². The number of benzene rings is 2. The van der Waals surface area contributed by atoms with Crippen molar-refractivity contribution in [2.24, 2.45) is 0 Å². The zero-order valence-corrected chi connectivity index (χ0v) is 15.9. The van der Waals surface area contributed by atoms with Crippen LogP contribution in [0.25, 0.3) is 6.08 Å². The monoisotopic (exact) mass is 400 g/mol. The third-order valence-corrected chi connectivity index (χ3v) is 6.56. The van der Waals surface area contributed by atoms with E-state index in [1.54, 1.807) is 30.3 Å². The van der Waals surface area contributed by atoms with Gasteiger partial charge in [0, 0.05) is 24.9 Å². The molecule has 7 nitrogen and oxygen atoms in total. The van der Waals surface area contributed by atoms with E-state index in [1.165, 1.54) is 22.5 Å². The van der Waals surface area contributed by atoms with Gasteiger partial charge in [-0.15, -0.1) is 0 Å². The summed E-state index contributed by atoms with van der Waals surface area (Å²) < 4.78 is 37.1. The molecule has 4 rings (SSSR count). The molecule has 0 spiro atoms. The van der Waals surface area contributed by atoms with Gasteiger partial charge in [-0.3, -0.25) is 4.79 Å². The smallest absolute Gasteiger partial charge is 0.248 e. The second kappa shape index (κ2) is 7.65. The highest BCUT2D eigenvalue weighted by atomic mass is 32.2. The molecule has 2 aliphatic rings. The van der Waals surface area contributed by atoms with Crippen molar-refractivity contribution in [3.8, 4) is 11.5 Å². The van der Waals surface area contributed by atoms with Crippen LogP contribution in [0.4, 0.5) is 5.69 Å². The normalized spacial score (nSPS) is 16.6. The van der Waals surface area contributed by atoms with Crippen molar-refractivity contribution >= 4 is 27.7 Å². The van der Waals surface area contributed by atoms with Gasteiger partial charge in [-0.05, 0) is 60.9 Å². The van der Waals surface area contributed by atoms with Gasteiger partial charge in [0.05, 0.1) is 4.90 Å². The summed E-state index contributed by atoms with van der Waals surface area (Å²) in [4.78, 5) is 12.4. The number of carbonyl (C=O) groups excluding carboxylic acids is 1. The Morgan fingerprint density at radius 1 is 1.00 bits per heavy atom. The minimum atomic E-state index is -3.45. The molecule has 0 bridgehead atoms. The van der Waals surface area contributed by atoms with Gasteiger partial charge >= 0.3 is 0 Å². The van der Waals surface area contributed by atoms with Crippen LogP contribution in [0.1, 0.15) is 18.4 Å². The van der Waals surface area contributed by atoms with Gasteiger partial charge in [-0.25, -0.2) is 8.42 Å². The molecule has 0 aliphatic carbocycles. The molecule has 1 amide bonds. The molecule has 1 fully saturated rings. The first-order chi connectivity index (χ1) is 13.5. The van der Waals surface area contributed by atoms with Gasteiger partial charge in [0.1, 0.15) is 0 Å². The predicted molar refractivity (Wildman–Crippen MR) is 105 cm³/mol.